The Hall–Kier alpha value is -2.19. The molecular formula is C16H18N4O3S. The molecule has 1 aromatic carbocycles. The monoisotopic (exact) mass is 346 g/mol. The van der Waals surface area contributed by atoms with Crippen molar-refractivity contribution in [3.63, 3.8) is 0 Å². The van der Waals surface area contributed by atoms with Gasteiger partial charge in [-0.25, -0.2) is 0 Å². The van der Waals surface area contributed by atoms with Crippen LogP contribution < -0.4 is 14.8 Å². The lowest BCUT2D eigenvalue weighted by Gasteiger charge is -2.25. The number of nitrogens with one attached hydrogen (secondary N) is 1. The van der Waals surface area contributed by atoms with Crippen molar-refractivity contribution in [3.8, 4) is 22.1 Å². The number of ether oxygens (including phenoxy) is 2. The highest BCUT2D eigenvalue weighted by atomic mass is 32.1. The van der Waals surface area contributed by atoms with Crippen LogP contribution in [0.5, 0.6) is 11.5 Å². The van der Waals surface area contributed by atoms with Crippen LogP contribution in [-0.4, -0.2) is 47.4 Å². The van der Waals surface area contributed by atoms with Crippen LogP contribution in [-0.2, 0) is 4.79 Å². The molecule has 3 heterocycles. The van der Waals surface area contributed by atoms with Crippen molar-refractivity contribution in [2.45, 2.75) is 19.3 Å². The van der Waals surface area contributed by atoms with E-state index in [0.717, 1.165) is 29.4 Å². The first-order chi connectivity index (χ1) is 11.8. The predicted octanol–water partition coefficient (Wildman–Crippen LogP) is 2.36. The number of hydrogen-bond donors (Lipinski definition) is 1. The third-order valence-corrected chi connectivity index (χ3v) is 4.99. The maximum atomic E-state index is 12.1. The van der Waals surface area contributed by atoms with Gasteiger partial charge in [-0.1, -0.05) is 17.8 Å². The van der Waals surface area contributed by atoms with Gasteiger partial charge in [0.1, 0.15) is 5.01 Å². The average molecular weight is 346 g/mol. The molecule has 1 N–H and O–H groups in total. The maximum absolute atomic E-state index is 12.1. The second-order valence-electron chi connectivity index (χ2n) is 5.87. The molecule has 0 saturated carbocycles. The van der Waals surface area contributed by atoms with Crippen LogP contribution >= 0.6 is 11.3 Å². The van der Waals surface area contributed by atoms with Crippen molar-refractivity contribution >= 4 is 22.4 Å². The Kier molecular flexibility index (Phi) is 4.31. The van der Waals surface area contributed by atoms with E-state index >= 15 is 0 Å². The number of carbonyl (C=O) groups excluding carboxylic acids is 1. The first kappa shape index (κ1) is 15.3. The molecule has 0 spiro atoms. The van der Waals surface area contributed by atoms with E-state index in [2.05, 4.69) is 20.4 Å². The molecule has 1 aromatic heterocycles. The summed E-state index contributed by atoms with van der Waals surface area (Å²) >= 11 is 1.35. The predicted molar refractivity (Wildman–Crippen MR) is 90.4 cm³/mol. The quantitative estimate of drug-likeness (QED) is 0.916. The number of hydrogen-bond acceptors (Lipinski definition) is 7. The average Bonchev–Trinajstić information content (AvgIpc) is 3.24. The normalized spacial score (nSPS) is 17.0. The minimum Gasteiger partial charge on any atom is -0.454 e. The largest absolute Gasteiger partial charge is 0.454 e. The lowest BCUT2D eigenvalue weighted by Crippen LogP contribution is -2.36. The van der Waals surface area contributed by atoms with E-state index in [9.17, 15) is 4.79 Å². The summed E-state index contributed by atoms with van der Waals surface area (Å²) in [7, 11) is 0. The zero-order valence-electron chi connectivity index (χ0n) is 13.2. The summed E-state index contributed by atoms with van der Waals surface area (Å²) in [6, 6.07) is 5.64. The van der Waals surface area contributed by atoms with E-state index < -0.39 is 0 Å². The minimum absolute atomic E-state index is 0.0368. The molecule has 1 amide bonds. The summed E-state index contributed by atoms with van der Waals surface area (Å²) in [5, 5.41) is 12.3. The Labute approximate surface area is 143 Å². The fourth-order valence-electron chi connectivity index (χ4n) is 2.90. The third kappa shape index (κ3) is 3.34. The number of nitrogens with zero attached hydrogens (tertiary/aromatic N) is 3. The Morgan fingerprint density at radius 3 is 2.88 bits per heavy atom. The molecule has 0 aliphatic carbocycles. The van der Waals surface area contributed by atoms with E-state index in [1.165, 1.54) is 30.6 Å². The van der Waals surface area contributed by atoms with Gasteiger partial charge in [-0.3, -0.25) is 15.0 Å². The highest BCUT2D eigenvalue weighted by Crippen LogP contribution is 2.37. The summed E-state index contributed by atoms with van der Waals surface area (Å²) in [4.78, 5) is 14.3. The SMILES string of the molecule is O=C(CN1CCCCC1)Nc1nnc(-c2ccc3c(c2)OCO3)s1. The van der Waals surface area contributed by atoms with Gasteiger partial charge in [0.2, 0.25) is 17.8 Å². The fraction of sp³-hybridized carbons (Fsp3) is 0.438. The molecule has 0 atom stereocenters. The Morgan fingerprint density at radius 2 is 2.00 bits per heavy atom. The van der Waals surface area contributed by atoms with Gasteiger partial charge in [-0.2, -0.15) is 0 Å². The molecule has 126 valence electrons. The van der Waals surface area contributed by atoms with Crippen LogP contribution in [0.2, 0.25) is 0 Å². The summed E-state index contributed by atoms with van der Waals surface area (Å²) in [6.45, 7) is 2.64. The summed E-state index contributed by atoms with van der Waals surface area (Å²) in [5.41, 5.74) is 0.897. The summed E-state index contributed by atoms with van der Waals surface area (Å²) < 4.78 is 10.7. The lowest BCUT2D eigenvalue weighted by atomic mass is 10.1. The Bertz CT molecular complexity index is 743. The standard InChI is InChI=1S/C16H18N4O3S/c21-14(9-20-6-2-1-3-7-20)17-16-19-18-15(24-16)11-4-5-12-13(8-11)23-10-22-12/h4-5,8H,1-3,6-7,9-10H2,(H,17,19,21). The molecule has 0 bridgehead atoms. The summed E-state index contributed by atoms with van der Waals surface area (Å²) in [5.74, 6) is 1.40. The molecule has 1 fully saturated rings. The zero-order valence-corrected chi connectivity index (χ0v) is 14.0. The number of aromatic nitrogens is 2. The van der Waals surface area contributed by atoms with Gasteiger partial charge in [0.05, 0.1) is 6.54 Å². The Balaban J connectivity index is 1.40. The van der Waals surface area contributed by atoms with Crippen molar-refractivity contribution in [2.24, 2.45) is 0 Å². The number of amides is 1. The number of piperidine rings is 1. The van der Waals surface area contributed by atoms with Gasteiger partial charge >= 0.3 is 0 Å². The van der Waals surface area contributed by atoms with Crippen molar-refractivity contribution in [1.29, 1.82) is 0 Å². The molecule has 0 unspecified atom stereocenters. The second-order valence-corrected chi connectivity index (χ2v) is 6.84. The van der Waals surface area contributed by atoms with Gasteiger partial charge < -0.3 is 9.47 Å². The van der Waals surface area contributed by atoms with E-state index in [4.69, 9.17) is 9.47 Å². The van der Waals surface area contributed by atoms with Crippen molar-refractivity contribution < 1.29 is 14.3 Å². The number of benzene rings is 1. The van der Waals surface area contributed by atoms with Gasteiger partial charge in [-0.15, -0.1) is 10.2 Å². The zero-order chi connectivity index (χ0) is 16.4. The van der Waals surface area contributed by atoms with Gasteiger partial charge in [-0.05, 0) is 44.1 Å². The van der Waals surface area contributed by atoms with E-state index in [-0.39, 0.29) is 12.7 Å². The van der Waals surface area contributed by atoms with Crippen LogP contribution in [0.25, 0.3) is 10.6 Å². The number of rotatable bonds is 4. The molecule has 2 aliphatic heterocycles. The van der Waals surface area contributed by atoms with E-state index in [1.54, 1.807) is 0 Å². The second kappa shape index (κ2) is 6.74. The third-order valence-electron chi connectivity index (χ3n) is 4.11. The summed E-state index contributed by atoms with van der Waals surface area (Å²) in [6.07, 6.45) is 3.59. The van der Waals surface area contributed by atoms with Gasteiger partial charge in [0, 0.05) is 5.56 Å². The number of fused-ring (bicyclic) bond motifs is 1. The molecule has 1 saturated heterocycles. The van der Waals surface area contributed by atoms with Gasteiger partial charge in [0.15, 0.2) is 11.5 Å². The van der Waals surface area contributed by atoms with Crippen molar-refractivity contribution in [3.05, 3.63) is 18.2 Å². The van der Waals surface area contributed by atoms with Crippen LogP contribution in [0.15, 0.2) is 18.2 Å². The number of carbonyl (C=O) groups is 1. The first-order valence-corrected chi connectivity index (χ1v) is 8.85. The first-order valence-electron chi connectivity index (χ1n) is 8.04. The fourth-order valence-corrected chi connectivity index (χ4v) is 3.66. The maximum Gasteiger partial charge on any atom is 0.240 e. The van der Waals surface area contributed by atoms with Gasteiger partial charge in [0.25, 0.3) is 0 Å². The van der Waals surface area contributed by atoms with Crippen molar-refractivity contribution in [1.82, 2.24) is 15.1 Å². The van der Waals surface area contributed by atoms with Crippen LogP contribution in [0.3, 0.4) is 0 Å². The van der Waals surface area contributed by atoms with E-state index in [0.29, 0.717) is 17.4 Å². The molecule has 24 heavy (non-hydrogen) atoms. The highest BCUT2D eigenvalue weighted by Gasteiger charge is 2.18. The van der Waals surface area contributed by atoms with E-state index in [1.807, 2.05) is 18.2 Å². The van der Waals surface area contributed by atoms with Crippen molar-refractivity contribution in [2.75, 3.05) is 31.7 Å². The Morgan fingerprint density at radius 1 is 1.17 bits per heavy atom. The molecule has 8 heteroatoms. The minimum atomic E-state index is -0.0368. The highest BCUT2D eigenvalue weighted by molar-refractivity contribution is 7.18. The molecule has 0 radical (unpaired) electrons. The number of likely N-dealkylation sites (tertiary alicyclic amines) is 1. The molecule has 2 aliphatic rings. The van der Waals surface area contributed by atoms with Crippen LogP contribution in [0.4, 0.5) is 5.13 Å². The van der Waals surface area contributed by atoms with Crippen LogP contribution in [0.1, 0.15) is 19.3 Å². The van der Waals surface area contributed by atoms with Crippen LogP contribution in [0, 0.1) is 0 Å². The molecule has 2 aromatic rings. The topological polar surface area (TPSA) is 76.6 Å². The smallest absolute Gasteiger partial charge is 0.240 e. The molecule has 7 nitrogen and oxygen atoms in total. The lowest BCUT2D eigenvalue weighted by molar-refractivity contribution is -0.117. The molecule has 4 rings (SSSR count). The number of anilines is 1. The molecular weight excluding hydrogens is 328 g/mol.